The Morgan fingerprint density at radius 3 is 2.21 bits per heavy atom. The molecule has 0 spiro atoms. The standard InChI is InChI=1S/C19H24O5/c1-10-7-13-16(11(2)24-10)19(23-6)17-14(18(13)22-5)8-12(20-3)9-15(17)21-4/h8-11H,7H2,1-6H3/t10-,11+/m0/s1. The summed E-state index contributed by atoms with van der Waals surface area (Å²) in [5, 5.41) is 1.80. The Morgan fingerprint density at radius 1 is 0.917 bits per heavy atom. The first kappa shape index (κ1) is 16.7. The van der Waals surface area contributed by atoms with Gasteiger partial charge in [-0.2, -0.15) is 0 Å². The molecule has 24 heavy (non-hydrogen) atoms. The van der Waals surface area contributed by atoms with Crippen molar-refractivity contribution < 1.29 is 23.7 Å². The van der Waals surface area contributed by atoms with Gasteiger partial charge in [0.2, 0.25) is 0 Å². The van der Waals surface area contributed by atoms with Gasteiger partial charge in [0, 0.05) is 29.0 Å². The normalized spacial score (nSPS) is 19.8. The van der Waals surface area contributed by atoms with E-state index in [0.717, 1.165) is 39.8 Å². The van der Waals surface area contributed by atoms with E-state index in [9.17, 15) is 0 Å². The van der Waals surface area contributed by atoms with E-state index in [-0.39, 0.29) is 12.2 Å². The molecule has 0 saturated heterocycles. The number of fused-ring (bicyclic) bond motifs is 2. The van der Waals surface area contributed by atoms with Gasteiger partial charge in [-0.25, -0.2) is 0 Å². The predicted molar refractivity (Wildman–Crippen MR) is 92.8 cm³/mol. The maximum atomic E-state index is 6.02. The largest absolute Gasteiger partial charge is 0.497 e. The van der Waals surface area contributed by atoms with E-state index in [1.54, 1.807) is 28.4 Å². The lowest BCUT2D eigenvalue weighted by atomic mass is 9.89. The summed E-state index contributed by atoms with van der Waals surface area (Å²) in [6, 6.07) is 3.82. The first-order valence-electron chi connectivity index (χ1n) is 8.03. The van der Waals surface area contributed by atoms with Crippen molar-refractivity contribution >= 4 is 10.8 Å². The van der Waals surface area contributed by atoms with Gasteiger partial charge in [0.25, 0.3) is 0 Å². The topological polar surface area (TPSA) is 46.2 Å². The van der Waals surface area contributed by atoms with E-state index < -0.39 is 0 Å². The van der Waals surface area contributed by atoms with Crippen LogP contribution in [0.2, 0.25) is 0 Å². The molecule has 3 rings (SSSR count). The fraction of sp³-hybridized carbons (Fsp3) is 0.474. The van der Waals surface area contributed by atoms with Crippen molar-refractivity contribution in [3.05, 3.63) is 23.3 Å². The van der Waals surface area contributed by atoms with Gasteiger partial charge >= 0.3 is 0 Å². The molecule has 5 nitrogen and oxygen atoms in total. The van der Waals surface area contributed by atoms with Crippen molar-refractivity contribution in [2.24, 2.45) is 0 Å². The van der Waals surface area contributed by atoms with Crippen molar-refractivity contribution in [3.8, 4) is 23.0 Å². The zero-order chi connectivity index (χ0) is 17.4. The monoisotopic (exact) mass is 332 g/mol. The van der Waals surface area contributed by atoms with Crippen LogP contribution >= 0.6 is 0 Å². The second-order valence-corrected chi connectivity index (χ2v) is 6.00. The van der Waals surface area contributed by atoms with E-state index in [1.165, 1.54) is 0 Å². The molecule has 0 fully saturated rings. The molecule has 0 unspecified atom stereocenters. The number of methoxy groups -OCH3 is 4. The van der Waals surface area contributed by atoms with Crippen LogP contribution in [0.4, 0.5) is 0 Å². The summed E-state index contributed by atoms with van der Waals surface area (Å²) in [5.41, 5.74) is 2.16. The highest BCUT2D eigenvalue weighted by Crippen LogP contribution is 2.51. The Labute approximate surface area is 142 Å². The minimum absolute atomic E-state index is 0.0798. The third kappa shape index (κ3) is 2.44. The zero-order valence-electron chi connectivity index (χ0n) is 15.1. The molecule has 1 heterocycles. The number of ether oxygens (including phenoxy) is 5. The molecule has 2 aromatic carbocycles. The lowest BCUT2D eigenvalue weighted by Crippen LogP contribution is -2.23. The summed E-state index contributed by atoms with van der Waals surface area (Å²) in [5.74, 6) is 3.01. The van der Waals surface area contributed by atoms with Crippen molar-refractivity contribution in [1.29, 1.82) is 0 Å². The molecule has 130 valence electrons. The lowest BCUT2D eigenvalue weighted by Gasteiger charge is -2.32. The average molecular weight is 332 g/mol. The van der Waals surface area contributed by atoms with Gasteiger partial charge in [-0.3, -0.25) is 0 Å². The molecule has 1 aliphatic rings. The highest BCUT2D eigenvalue weighted by atomic mass is 16.5. The lowest BCUT2D eigenvalue weighted by molar-refractivity contribution is -0.00647. The van der Waals surface area contributed by atoms with E-state index in [2.05, 4.69) is 6.92 Å². The maximum Gasteiger partial charge on any atom is 0.136 e. The summed E-state index contributed by atoms with van der Waals surface area (Å²) >= 11 is 0. The summed E-state index contributed by atoms with van der Waals surface area (Å²) in [4.78, 5) is 0. The molecule has 1 aliphatic heterocycles. The molecule has 0 radical (unpaired) electrons. The average Bonchev–Trinajstić information content (AvgIpc) is 2.58. The summed E-state index contributed by atoms with van der Waals surface area (Å²) in [6.07, 6.45) is 0.814. The van der Waals surface area contributed by atoms with Crippen LogP contribution in [0.3, 0.4) is 0 Å². The quantitative estimate of drug-likeness (QED) is 0.850. The predicted octanol–water partition coefficient (Wildman–Crippen LogP) is 3.90. The fourth-order valence-electron chi connectivity index (χ4n) is 3.67. The van der Waals surface area contributed by atoms with E-state index in [1.807, 2.05) is 19.1 Å². The Balaban J connectivity index is 2.48. The Morgan fingerprint density at radius 2 is 1.62 bits per heavy atom. The van der Waals surface area contributed by atoms with Crippen LogP contribution in [0.5, 0.6) is 23.0 Å². The molecule has 5 heteroatoms. The summed E-state index contributed by atoms with van der Waals surface area (Å²) < 4.78 is 28.6. The Kier molecular flexibility index (Phi) is 4.45. The maximum absolute atomic E-state index is 6.02. The molecule has 0 saturated carbocycles. The second-order valence-electron chi connectivity index (χ2n) is 6.00. The van der Waals surface area contributed by atoms with Crippen LogP contribution in [0, 0.1) is 0 Å². The number of benzene rings is 2. The molecule has 2 atom stereocenters. The first-order chi connectivity index (χ1) is 11.5. The van der Waals surface area contributed by atoms with Crippen molar-refractivity contribution in [1.82, 2.24) is 0 Å². The van der Waals surface area contributed by atoms with Gasteiger partial charge in [0.05, 0.1) is 46.0 Å². The molecule has 2 aromatic rings. The smallest absolute Gasteiger partial charge is 0.136 e. The fourth-order valence-corrected chi connectivity index (χ4v) is 3.67. The number of hydrogen-bond acceptors (Lipinski definition) is 5. The van der Waals surface area contributed by atoms with Crippen LogP contribution in [0.25, 0.3) is 10.8 Å². The number of hydrogen-bond donors (Lipinski definition) is 0. The molecule has 0 bridgehead atoms. The molecule has 0 N–H and O–H groups in total. The third-order valence-corrected chi connectivity index (χ3v) is 4.59. The van der Waals surface area contributed by atoms with E-state index in [0.29, 0.717) is 11.5 Å². The third-order valence-electron chi connectivity index (χ3n) is 4.59. The summed E-state index contributed by atoms with van der Waals surface area (Å²) in [7, 11) is 6.65. The van der Waals surface area contributed by atoms with Crippen molar-refractivity contribution in [2.45, 2.75) is 32.5 Å². The highest BCUT2D eigenvalue weighted by Gasteiger charge is 2.32. The van der Waals surface area contributed by atoms with Crippen LogP contribution in [-0.4, -0.2) is 34.5 Å². The highest BCUT2D eigenvalue weighted by molar-refractivity contribution is 6.01. The SMILES string of the molecule is COc1cc(OC)c2c(OC)c3c(c(OC)c2c1)C[C@H](C)O[C@@H]3C. The van der Waals surface area contributed by atoms with Gasteiger partial charge < -0.3 is 23.7 Å². The minimum Gasteiger partial charge on any atom is -0.497 e. The van der Waals surface area contributed by atoms with Crippen molar-refractivity contribution in [2.75, 3.05) is 28.4 Å². The molecular formula is C19H24O5. The summed E-state index contributed by atoms with van der Waals surface area (Å²) in [6.45, 7) is 4.11. The van der Waals surface area contributed by atoms with Gasteiger partial charge in [0.15, 0.2) is 0 Å². The van der Waals surface area contributed by atoms with Crippen molar-refractivity contribution in [3.63, 3.8) is 0 Å². The van der Waals surface area contributed by atoms with Gasteiger partial charge in [-0.15, -0.1) is 0 Å². The zero-order valence-corrected chi connectivity index (χ0v) is 15.1. The Hall–Kier alpha value is -2.14. The minimum atomic E-state index is -0.0798. The van der Waals surface area contributed by atoms with Crippen LogP contribution < -0.4 is 18.9 Å². The molecule has 0 amide bonds. The van der Waals surface area contributed by atoms with Crippen LogP contribution in [-0.2, 0) is 11.2 Å². The van der Waals surface area contributed by atoms with Gasteiger partial charge in [-0.1, -0.05) is 0 Å². The van der Waals surface area contributed by atoms with E-state index >= 15 is 0 Å². The van der Waals surface area contributed by atoms with Gasteiger partial charge in [0.1, 0.15) is 23.0 Å². The van der Waals surface area contributed by atoms with Crippen LogP contribution in [0.15, 0.2) is 12.1 Å². The Bertz CT molecular complexity index is 768. The first-order valence-corrected chi connectivity index (χ1v) is 8.03. The molecule has 0 aromatic heterocycles. The van der Waals surface area contributed by atoms with Crippen LogP contribution in [0.1, 0.15) is 31.1 Å². The molecule has 0 aliphatic carbocycles. The van der Waals surface area contributed by atoms with E-state index in [4.69, 9.17) is 23.7 Å². The number of rotatable bonds is 4. The molecular weight excluding hydrogens is 308 g/mol. The second kappa shape index (κ2) is 6.40. The van der Waals surface area contributed by atoms with Gasteiger partial charge in [-0.05, 0) is 19.9 Å².